The molecule has 1 amide bonds. The lowest BCUT2D eigenvalue weighted by atomic mass is 10.1. The lowest BCUT2D eigenvalue weighted by Gasteiger charge is -2.08. The van der Waals surface area contributed by atoms with Crippen LogP contribution in [0.2, 0.25) is 5.02 Å². The zero-order valence-corrected chi connectivity index (χ0v) is 16.4. The molecule has 1 N–H and O–H groups in total. The van der Waals surface area contributed by atoms with E-state index >= 15 is 0 Å². The molecule has 0 radical (unpaired) electrons. The van der Waals surface area contributed by atoms with Crippen LogP contribution in [0, 0.1) is 13.8 Å². The number of amides is 1. The number of hydrogen-bond donors (Lipinski definition) is 1. The number of thioether (sulfide) groups is 1. The van der Waals surface area contributed by atoms with Gasteiger partial charge in [-0.25, -0.2) is 0 Å². The SMILES string of the molecule is Cc1ccc(NC(=O)CSc2nnc3cc(C)c4cc(Cl)ccc4n23)cc1. The highest BCUT2D eigenvalue weighted by Gasteiger charge is 2.13. The number of nitrogens with one attached hydrogen (secondary N) is 1. The fraction of sp³-hybridized carbons (Fsp3) is 0.150. The normalized spacial score (nSPS) is 11.2. The second kappa shape index (κ2) is 7.21. The van der Waals surface area contributed by atoms with Crippen molar-refractivity contribution in [1.82, 2.24) is 14.6 Å². The standard InChI is InChI=1S/C20H17ClN4OS/c1-12-3-6-15(7-4-12)22-19(26)11-27-20-24-23-18-9-13(2)16-10-14(21)5-8-17(16)25(18)20/h3-10H,11H2,1-2H3,(H,22,26). The number of rotatable bonds is 4. The summed E-state index contributed by atoms with van der Waals surface area (Å²) in [5.74, 6) is 0.164. The molecule has 2 heterocycles. The molecule has 0 saturated carbocycles. The first-order valence-electron chi connectivity index (χ1n) is 8.44. The molecule has 0 aliphatic carbocycles. The Morgan fingerprint density at radius 3 is 2.67 bits per heavy atom. The van der Waals surface area contributed by atoms with Crippen molar-refractivity contribution in [2.45, 2.75) is 19.0 Å². The lowest BCUT2D eigenvalue weighted by Crippen LogP contribution is -2.14. The van der Waals surface area contributed by atoms with E-state index in [1.165, 1.54) is 11.8 Å². The average molecular weight is 397 g/mol. The molecular formula is C20H17ClN4OS. The van der Waals surface area contributed by atoms with Gasteiger partial charge in [-0.3, -0.25) is 9.20 Å². The van der Waals surface area contributed by atoms with Crippen LogP contribution in [0.25, 0.3) is 16.6 Å². The third kappa shape index (κ3) is 3.63. The fourth-order valence-electron chi connectivity index (χ4n) is 2.95. The van der Waals surface area contributed by atoms with Crippen molar-refractivity contribution >= 4 is 51.5 Å². The molecule has 4 aromatic rings. The van der Waals surface area contributed by atoms with Crippen molar-refractivity contribution in [2.24, 2.45) is 0 Å². The Kier molecular flexibility index (Phi) is 4.76. The van der Waals surface area contributed by atoms with E-state index in [1.807, 2.05) is 66.8 Å². The molecular weight excluding hydrogens is 380 g/mol. The smallest absolute Gasteiger partial charge is 0.234 e. The third-order valence-corrected chi connectivity index (χ3v) is 5.46. The minimum atomic E-state index is -0.0833. The van der Waals surface area contributed by atoms with Crippen LogP contribution in [0.3, 0.4) is 0 Å². The van der Waals surface area contributed by atoms with Gasteiger partial charge in [0.2, 0.25) is 5.91 Å². The van der Waals surface area contributed by atoms with Gasteiger partial charge in [0.25, 0.3) is 0 Å². The van der Waals surface area contributed by atoms with Gasteiger partial charge in [0.05, 0.1) is 11.3 Å². The summed E-state index contributed by atoms with van der Waals surface area (Å²) in [5.41, 5.74) is 4.75. The minimum Gasteiger partial charge on any atom is -0.325 e. The van der Waals surface area contributed by atoms with E-state index in [4.69, 9.17) is 11.6 Å². The summed E-state index contributed by atoms with van der Waals surface area (Å²) in [5, 5.41) is 13.8. The van der Waals surface area contributed by atoms with Crippen LogP contribution >= 0.6 is 23.4 Å². The molecule has 0 aliphatic heterocycles. The van der Waals surface area contributed by atoms with Crippen molar-refractivity contribution < 1.29 is 4.79 Å². The van der Waals surface area contributed by atoms with Gasteiger partial charge in [-0.2, -0.15) is 0 Å². The topological polar surface area (TPSA) is 59.3 Å². The third-order valence-electron chi connectivity index (χ3n) is 4.30. The molecule has 0 spiro atoms. The highest BCUT2D eigenvalue weighted by atomic mass is 35.5. The van der Waals surface area contributed by atoms with Gasteiger partial charge in [0.15, 0.2) is 10.8 Å². The number of halogens is 1. The Bertz CT molecular complexity index is 1150. The minimum absolute atomic E-state index is 0.0833. The van der Waals surface area contributed by atoms with Crippen molar-refractivity contribution in [2.75, 3.05) is 11.1 Å². The van der Waals surface area contributed by atoms with E-state index in [0.29, 0.717) is 10.2 Å². The number of aryl methyl sites for hydroxylation is 2. The van der Waals surface area contributed by atoms with Gasteiger partial charge < -0.3 is 5.32 Å². The van der Waals surface area contributed by atoms with Crippen LogP contribution in [0.5, 0.6) is 0 Å². The van der Waals surface area contributed by atoms with Crippen molar-refractivity contribution in [3.8, 4) is 0 Å². The number of anilines is 1. The summed E-state index contributed by atoms with van der Waals surface area (Å²) in [4.78, 5) is 12.3. The number of carbonyl (C=O) groups is 1. The fourth-order valence-corrected chi connectivity index (χ4v) is 3.87. The van der Waals surface area contributed by atoms with Crippen molar-refractivity contribution in [1.29, 1.82) is 0 Å². The van der Waals surface area contributed by atoms with Gasteiger partial charge in [-0.1, -0.05) is 41.1 Å². The van der Waals surface area contributed by atoms with E-state index in [9.17, 15) is 4.79 Å². The zero-order chi connectivity index (χ0) is 19.0. The van der Waals surface area contributed by atoms with E-state index in [2.05, 4.69) is 15.5 Å². The first kappa shape index (κ1) is 17.8. The second-order valence-corrected chi connectivity index (χ2v) is 7.75. The first-order valence-corrected chi connectivity index (χ1v) is 9.81. The quantitative estimate of drug-likeness (QED) is 0.499. The van der Waals surface area contributed by atoms with E-state index in [-0.39, 0.29) is 11.7 Å². The maximum Gasteiger partial charge on any atom is 0.234 e. The van der Waals surface area contributed by atoms with Crippen LogP contribution in [0.4, 0.5) is 5.69 Å². The van der Waals surface area contributed by atoms with Crippen LogP contribution in [-0.4, -0.2) is 26.3 Å². The molecule has 4 rings (SSSR count). The Hall–Kier alpha value is -2.57. The highest BCUT2D eigenvalue weighted by Crippen LogP contribution is 2.28. The number of carbonyl (C=O) groups excluding carboxylic acids is 1. The summed E-state index contributed by atoms with van der Waals surface area (Å²) in [6, 6.07) is 15.4. The summed E-state index contributed by atoms with van der Waals surface area (Å²) in [6.07, 6.45) is 0. The summed E-state index contributed by atoms with van der Waals surface area (Å²) in [7, 11) is 0. The summed E-state index contributed by atoms with van der Waals surface area (Å²) >= 11 is 7.50. The Balaban J connectivity index is 1.59. The molecule has 0 aliphatic rings. The van der Waals surface area contributed by atoms with Gasteiger partial charge >= 0.3 is 0 Å². The molecule has 5 nitrogen and oxygen atoms in total. The monoisotopic (exact) mass is 396 g/mol. The van der Waals surface area contributed by atoms with Crippen LogP contribution in [0.15, 0.2) is 53.7 Å². The van der Waals surface area contributed by atoms with E-state index < -0.39 is 0 Å². The zero-order valence-electron chi connectivity index (χ0n) is 14.9. The van der Waals surface area contributed by atoms with Gasteiger partial charge in [-0.05, 0) is 55.8 Å². The molecule has 7 heteroatoms. The van der Waals surface area contributed by atoms with Crippen molar-refractivity contribution in [3.05, 3.63) is 64.7 Å². The number of pyridine rings is 1. The predicted molar refractivity (Wildman–Crippen MR) is 111 cm³/mol. The molecule has 2 aromatic heterocycles. The molecule has 0 fully saturated rings. The maximum absolute atomic E-state index is 12.3. The number of fused-ring (bicyclic) bond motifs is 3. The van der Waals surface area contributed by atoms with E-state index in [1.54, 1.807) is 0 Å². The molecule has 0 unspecified atom stereocenters. The summed E-state index contributed by atoms with van der Waals surface area (Å²) in [6.45, 7) is 4.03. The Morgan fingerprint density at radius 2 is 1.89 bits per heavy atom. The van der Waals surface area contributed by atoms with Crippen molar-refractivity contribution in [3.63, 3.8) is 0 Å². The predicted octanol–water partition coefficient (Wildman–Crippen LogP) is 4.88. The van der Waals surface area contributed by atoms with Crippen LogP contribution < -0.4 is 5.32 Å². The average Bonchev–Trinajstić information content (AvgIpc) is 3.05. The molecule has 2 aromatic carbocycles. The molecule has 27 heavy (non-hydrogen) atoms. The van der Waals surface area contributed by atoms with Crippen LogP contribution in [-0.2, 0) is 4.79 Å². The number of aromatic nitrogens is 3. The first-order chi connectivity index (χ1) is 13.0. The van der Waals surface area contributed by atoms with Gasteiger partial charge in [0.1, 0.15) is 0 Å². The van der Waals surface area contributed by atoms with Gasteiger partial charge in [0, 0.05) is 16.1 Å². The van der Waals surface area contributed by atoms with E-state index in [0.717, 1.165) is 33.4 Å². The number of benzene rings is 2. The Labute approximate surface area is 165 Å². The second-order valence-electron chi connectivity index (χ2n) is 6.37. The van der Waals surface area contributed by atoms with Gasteiger partial charge in [-0.15, -0.1) is 10.2 Å². The lowest BCUT2D eigenvalue weighted by molar-refractivity contribution is -0.113. The highest BCUT2D eigenvalue weighted by molar-refractivity contribution is 7.99. The van der Waals surface area contributed by atoms with Crippen LogP contribution in [0.1, 0.15) is 11.1 Å². The number of hydrogen-bond acceptors (Lipinski definition) is 4. The molecule has 0 saturated heterocycles. The largest absolute Gasteiger partial charge is 0.325 e. The maximum atomic E-state index is 12.3. The summed E-state index contributed by atoms with van der Waals surface area (Å²) < 4.78 is 1.96. The molecule has 0 atom stereocenters. The molecule has 0 bridgehead atoms. The molecule has 136 valence electrons. The number of nitrogens with zero attached hydrogens (tertiary/aromatic N) is 3. The Morgan fingerprint density at radius 1 is 1.11 bits per heavy atom.